The van der Waals surface area contributed by atoms with E-state index >= 15 is 0 Å². The molecule has 0 aromatic heterocycles. The molecule has 0 fully saturated rings. The van der Waals surface area contributed by atoms with Gasteiger partial charge in [0.25, 0.3) is 0 Å². The molecule has 1 aliphatic rings. The van der Waals surface area contributed by atoms with Crippen LogP contribution in [0, 0.1) is 27.7 Å². The molecule has 11 rings (SSSR count). The van der Waals surface area contributed by atoms with Gasteiger partial charge in [0.05, 0.1) is 11.4 Å². The summed E-state index contributed by atoms with van der Waals surface area (Å²) in [6, 6.07) is 78.3. The number of nitrogens with one attached hydrogen (secondary N) is 1. The molecular formula is C65H55N3. The van der Waals surface area contributed by atoms with E-state index in [2.05, 4.69) is 255 Å². The molecule has 10 aromatic carbocycles. The normalized spacial score (nSPS) is 11.7. The average Bonchev–Trinajstić information content (AvgIpc) is 3.38. The fraction of sp³-hybridized carbons (Fsp3) is 0.108. The molecule has 2 bridgehead atoms. The minimum Gasteiger partial charge on any atom is -0.388 e. The molecule has 0 saturated heterocycles. The Morgan fingerprint density at radius 3 is 1.72 bits per heavy atom. The zero-order valence-corrected chi connectivity index (χ0v) is 39.5. The number of aryl methyl sites for hydroxylation is 4. The van der Waals surface area contributed by atoms with Crippen molar-refractivity contribution in [2.24, 2.45) is 0 Å². The van der Waals surface area contributed by atoms with Crippen molar-refractivity contribution < 1.29 is 0 Å². The van der Waals surface area contributed by atoms with Crippen molar-refractivity contribution in [3.63, 3.8) is 0 Å². The zero-order chi connectivity index (χ0) is 46.3. The van der Waals surface area contributed by atoms with Crippen molar-refractivity contribution in [3.05, 3.63) is 246 Å². The molecule has 1 N–H and O–H groups in total. The molecule has 3 nitrogen and oxygen atoms in total. The Labute approximate surface area is 401 Å². The zero-order valence-electron chi connectivity index (χ0n) is 39.5. The predicted molar refractivity (Wildman–Crippen MR) is 291 cm³/mol. The lowest BCUT2D eigenvalue weighted by atomic mass is 9.79. The Bertz CT molecular complexity index is 3440. The number of fused-ring (bicyclic) bond motifs is 7. The Kier molecular flexibility index (Phi) is 11.2. The second-order valence-corrected chi connectivity index (χ2v) is 18.2. The molecule has 0 unspecified atom stereocenters. The smallest absolute Gasteiger partial charge is 0.0561 e. The maximum atomic E-state index is 3.62. The highest BCUT2D eigenvalue weighted by Crippen LogP contribution is 2.56. The van der Waals surface area contributed by atoms with Crippen molar-refractivity contribution in [1.82, 2.24) is 0 Å². The van der Waals surface area contributed by atoms with E-state index in [9.17, 15) is 0 Å². The van der Waals surface area contributed by atoms with Gasteiger partial charge in [-0.05, 0) is 173 Å². The summed E-state index contributed by atoms with van der Waals surface area (Å²) in [6.45, 7) is 9.22. The SMILES string of the molecule is CNc1ccc2ccccc2c1-c1cccc2c1-c1ccc(N(c3ccccc3)c3ccccc3)cc1N(c1ccc(CCc3ccccc3)cc1C)c1cc(-c3ccccc3C)c(C)c-2c1C. The first-order chi connectivity index (χ1) is 33.4. The van der Waals surface area contributed by atoms with Crippen LogP contribution in [0.5, 0.6) is 0 Å². The van der Waals surface area contributed by atoms with Gasteiger partial charge in [-0.2, -0.15) is 0 Å². The summed E-state index contributed by atoms with van der Waals surface area (Å²) in [5.74, 6) is 0. The van der Waals surface area contributed by atoms with Crippen molar-refractivity contribution in [2.45, 2.75) is 40.5 Å². The molecular weight excluding hydrogens is 823 g/mol. The highest BCUT2D eigenvalue weighted by Gasteiger charge is 2.32. The van der Waals surface area contributed by atoms with Crippen LogP contribution >= 0.6 is 0 Å². The van der Waals surface area contributed by atoms with Gasteiger partial charge in [-0.25, -0.2) is 0 Å². The van der Waals surface area contributed by atoms with Gasteiger partial charge >= 0.3 is 0 Å². The third-order valence-corrected chi connectivity index (χ3v) is 14.1. The molecule has 0 aliphatic carbocycles. The summed E-state index contributed by atoms with van der Waals surface area (Å²) in [5.41, 5.74) is 25.3. The first-order valence-electron chi connectivity index (χ1n) is 23.9. The molecule has 0 saturated carbocycles. The number of nitrogens with zero attached hydrogens (tertiary/aromatic N) is 2. The van der Waals surface area contributed by atoms with Crippen LogP contribution in [0.1, 0.15) is 33.4 Å². The molecule has 10 aromatic rings. The minimum atomic E-state index is 0.968. The highest BCUT2D eigenvalue weighted by molar-refractivity contribution is 6.12. The molecule has 330 valence electrons. The van der Waals surface area contributed by atoms with E-state index in [1.165, 1.54) is 94.3 Å². The largest absolute Gasteiger partial charge is 0.388 e. The maximum Gasteiger partial charge on any atom is 0.0561 e. The summed E-state index contributed by atoms with van der Waals surface area (Å²) >= 11 is 0. The van der Waals surface area contributed by atoms with Gasteiger partial charge in [0, 0.05) is 46.6 Å². The fourth-order valence-corrected chi connectivity index (χ4v) is 10.8. The Balaban J connectivity index is 1.26. The average molecular weight is 878 g/mol. The van der Waals surface area contributed by atoms with E-state index in [0.717, 1.165) is 47.0 Å². The Morgan fingerprint density at radius 1 is 0.382 bits per heavy atom. The fourth-order valence-electron chi connectivity index (χ4n) is 10.8. The van der Waals surface area contributed by atoms with Gasteiger partial charge in [-0.1, -0.05) is 158 Å². The van der Waals surface area contributed by atoms with E-state index in [-0.39, 0.29) is 0 Å². The van der Waals surface area contributed by atoms with E-state index in [4.69, 9.17) is 0 Å². The Morgan fingerprint density at radius 2 is 1.01 bits per heavy atom. The summed E-state index contributed by atoms with van der Waals surface area (Å²) in [4.78, 5) is 4.98. The molecule has 0 radical (unpaired) electrons. The van der Waals surface area contributed by atoms with E-state index in [0.29, 0.717) is 0 Å². The van der Waals surface area contributed by atoms with Crippen molar-refractivity contribution in [1.29, 1.82) is 0 Å². The van der Waals surface area contributed by atoms with Gasteiger partial charge in [0.15, 0.2) is 0 Å². The topological polar surface area (TPSA) is 18.5 Å². The quantitative estimate of drug-likeness (QED) is 0.148. The summed E-state index contributed by atoms with van der Waals surface area (Å²) < 4.78 is 0. The molecule has 0 spiro atoms. The second-order valence-electron chi connectivity index (χ2n) is 18.2. The molecule has 1 aliphatic heterocycles. The van der Waals surface area contributed by atoms with Crippen LogP contribution in [0.4, 0.5) is 39.8 Å². The first kappa shape index (κ1) is 42.5. The molecule has 68 heavy (non-hydrogen) atoms. The van der Waals surface area contributed by atoms with Crippen molar-refractivity contribution in [2.75, 3.05) is 22.2 Å². The van der Waals surface area contributed by atoms with Crippen LogP contribution < -0.4 is 15.1 Å². The third-order valence-electron chi connectivity index (χ3n) is 14.1. The van der Waals surface area contributed by atoms with Crippen LogP contribution in [0.15, 0.2) is 212 Å². The lowest BCUT2D eigenvalue weighted by molar-refractivity contribution is 0.957. The standard InChI is InChI=1S/C65H55N3/c1-43-20-15-17-28-53(43)58-42-61-46(4)63(45(58)3)56-30-19-31-57(65-54-29-18-16-23-49(54)35-38-59(65)66-5)64(56)55-37-36-52(67(50-24-11-7-12-25-50)51-26-13-8-14-27-51)41-62(55)68(61)60-39-34-48(40-44(60)2)33-32-47-21-9-6-10-22-47/h6-31,34-42,66H,32-33H2,1-5H3. The van der Waals surface area contributed by atoms with Gasteiger partial charge in [0.2, 0.25) is 0 Å². The minimum absolute atomic E-state index is 0.968. The number of hydrogen-bond acceptors (Lipinski definition) is 3. The second kappa shape index (κ2) is 17.9. The third kappa shape index (κ3) is 7.51. The highest BCUT2D eigenvalue weighted by atomic mass is 15.2. The van der Waals surface area contributed by atoms with Crippen molar-refractivity contribution >= 4 is 50.6 Å². The monoisotopic (exact) mass is 877 g/mol. The van der Waals surface area contributed by atoms with Crippen LogP contribution in [-0.4, -0.2) is 7.05 Å². The molecule has 3 heteroatoms. The first-order valence-corrected chi connectivity index (χ1v) is 23.9. The van der Waals surface area contributed by atoms with Crippen LogP contribution in [-0.2, 0) is 12.8 Å². The van der Waals surface area contributed by atoms with Gasteiger partial charge < -0.3 is 15.1 Å². The van der Waals surface area contributed by atoms with Gasteiger partial charge in [-0.15, -0.1) is 0 Å². The van der Waals surface area contributed by atoms with Gasteiger partial charge in [-0.3, -0.25) is 0 Å². The number of benzene rings is 10. The predicted octanol–water partition coefficient (Wildman–Crippen LogP) is 17.8. The van der Waals surface area contributed by atoms with Gasteiger partial charge in [0.1, 0.15) is 0 Å². The summed E-state index contributed by atoms with van der Waals surface area (Å²) in [6.07, 6.45) is 1.96. The number of rotatable bonds is 10. The Hall–Kier alpha value is -8.14. The van der Waals surface area contributed by atoms with Crippen LogP contribution in [0.2, 0.25) is 0 Å². The number of hydrogen-bond donors (Lipinski definition) is 1. The van der Waals surface area contributed by atoms with E-state index in [1.807, 2.05) is 7.05 Å². The van der Waals surface area contributed by atoms with Crippen LogP contribution in [0.25, 0.3) is 55.3 Å². The lowest BCUT2D eigenvalue weighted by Crippen LogP contribution is -2.18. The van der Waals surface area contributed by atoms with E-state index in [1.54, 1.807) is 0 Å². The van der Waals surface area contributed by atoms with Crippen molar-refractivity contribution in [3.8, 4) is 44.5 Å². The molecule has 0 amide bonds. The summed E-state index contributed by atoms with van der Waals surface area (Å²) in [7, 11) is 2.04. The number of para-hydroxylation sites is 2. The van der Waals surface area contributed by atoms with E-state index < -0.39 is 0 Å². The molecule has 0 atom stereocenters. The molecule has 1 heterocycles. The lowest BCUT2D eigenvalue weighted by Gasteiger charge is -2.37. The van der Waals surface area contributed by atoms with Crippen LogP contribution in [0.3, 0.4) is 0 Å². The number of anilines is 7. The summed E-state index contributed by atoms with van der Waals surface area (Å²) in [5, 5.41) is 6.05. The maximum absolute atomic E-state index is 3.62.